The topological polar surface area (TPSA) is 69.4 Å². The second-order valence-corrected chi connectivity index (χ2v) is 3.32. The molecule has 0 aromatic rings. The zero-order valence-corrected chi connectivity index (χ0v) is 7.17. The maximum absolute atomic E-state index is 12.0. The monoisotopic (exact) mass is 265 g/mol. The van der Waals surface area contributed by atoms with Crippen molar-refractivity contribution < 1.29 is 43.3 Å². The lowest BCUT2D eigenvalue weighted by Gasteiger charge is -2.26. The van der Waals surface area contributed by atoms with Crippen LogP contribution in [0.4, 0.5) is 30.7 Å². The van der Waals surface area contributed by atoms with Crippen LogP contribution in [-0.2, 0) is 14.5 Å². The van der Waals surface area contributed by atoms with Crippen LogP contribution >= 0.6 is 0 Å². The molecule has 0 spiro atoms. The first-order valence-corrected chi connectivity index (χ1v) is 4.23. The van der Waals surface area contributed by atoms with Crippen molar-refractivity contribution in [3.05, 3.63) is 0 Å². The summed E-state index contributed by atoms with van der Waals surface area (Å²) in [6.07, 6.45) is -13.0. The third-order valence-electron chi connectivity index (χ3n) is 0.942. The van der Waals surface area contributed by atoms with Gasteiger partial charge in [0.25, 0.3) is 0 Å². The van der Waals surface area contributed by atoms with E-state index in [1.807, 2.05) is 0 Å². The Bertz CT molecular complexity index is 332. The molecule has 4 nitrogen and oxygen atoms in total. The predicted octanol–water partition coefficient (Wildman–Crippen LogP) is 0.997. The van der Waals surface area contributed by atoms with Crippen molar-refractivity contribution in [3.63, 3.8) is 0 Å². The van der Waals surface area contributed by atoms with Gasteiger partial charge in [-0.2, -0.15) is 43.3 Å². The van der Waals surface area contributed by atoms with E-state index in [0.29, 0.717) is 0 Å². The summed E-state index contributed by atoms with van der Waals surface area (Å²) in [4.78, 5) is 0. The van der Waals surface area contributed by atoms with Crippen LogP contribution in [0.2, 0.25) is 0 Å². The summed E-state index contributed by atoms with van der Waals surface area (Å²) in [5.74, 6) is -6.67. The minimum Gasteiger partial charge on any atom is -0.205 e. The van der Waals surface area contributed by atoms with Gasteiger partial charge in [-0.15, -0.1) is 0 Å². The summed E-state index contributed by atoms with van der Waals surface area (Å²) in [7, 11) is -5.66. The van der Waals surface area contributed by atoms with E-state index in [9.17, 15) is 39.2 Å². The highest BCUT2D eigenvalue weighted by Crippen LogP contribution is 2.47. The molecule has 0 aliphatic carbocycles. The molecule has 15 heavy (non-hydrogen) atoms. The lowest BCUT2D eigenvalue weighted by atomic mass is 10.3. The normalized spacial score (nSPS) is 15.5. The van der Waals surface area contributed by atoms with Gasteiger partial charge in [-0.1, -0.05) is 0 Å². The number of rotatable bonds is 3. The lowest BCUT2D eigenvalue weighted by Crippen LogP contribution is -2.54. The Balaban J connectivity index is 5.21. The first kappa shape index (κ1) is 14.4. The average Bonchev–Trinajstić information content (AvgIpc) is 1.77. The molecule has 0 saturated carbocycles. The molecule has 0 amide bonds. The molecule has 0 aliphatic heterocycles. The second-order valence-electron chi connectivity index (χ2n) is 2.17. The summed E-state index contributed by atoms with van der Waals surface area (Å²) >= 11 is 0. The summed E-state index contributed by atoms with van der Waals surface area (Å²) in [5.41, 5.74) is 0. The molecule has 0 rings (SSSR count). The Kier molecular flexibility index (Phi) is 3.31. The van der Waals surface area contributed by atoms with E-state index in [2.05, 4.69) is 9.32 Å². The van der Waals surface area contributed by atoms with Gasteiger partial charge >= 0.3 is 28.5 Å². The summed E-state index contributed by atoms with van der Waals surface area (Å²) in [5, 5.41) is 3.73. The molecular weight excluding hydrogens is 263 g/mol. The van der Waals surface area contributed by atoms with Gasteiger partial charge in [0.2, 0.25) is 0 Å². The molecule has 0 heterocycles. The highest BCUT2D eigenvalue weighted by molar-refractivity contribution is 7.84. The van der Waals surface area contributed by atoms with Crippen molar-refractivity contribution in [3.8, 4) is 0 Å². The summed E-state index contributed by atoms with van der Waals surface area (Å²) in [6, 6.07) is 0. The van der Waals surface area contributed by atoms with Crippen molar-refractivity contribution in [1.29, 1.82) is 0 Å². The van der Waals surface area contributed by atoms with Gasteiger partial charge in [0.05, 0.1) is 0 Å². The van der Waals surface area contributed by atoms with Crippen LogP contribution in [0.5, 0.6) is 0 Å². The lowest BCUT2D eigenvalue weighted by molar-refractivity contribution is -0.402. The van der Waals surface area contributed by atoms with E-state index >= 15 is 0 Å². The van der Waals surface area contributed by atoms with Gasteiger partial charge in [-0.25, -0.2) is 5.14 Å². The van der Waals surface area contributed by atoms with Gasteiger partial charge in [-0.3, -0.25) is 0 Å². The van der Waals surface area contributed by atoms with E-state index in [4.69, 9.17) is 0 Å². The number of hydrogen-bond acceptors (Lipinski definition) is 3. The molecule has 2 N–H and O–H groups in total. The largest absolute Gasteiger partial charge is 0.462 e. The van der Waals surface area contributed by atoms with E-state index in [0.717, 1.165) is 0 Å². The fourth-order valence-electron chi connectivity index (χ4n) is 0.363. The third-order valence-corrected chi connectivity index (χ3v) is 1.38. The molecule has 0 aliphatic rings. The fourth-order valence-corrected chi connectivity index (χ4v) is 0.760. The van der Waals surface area contributed by atoms with Gasteiger partial charge in [0.15, 0.2) is 0 Å². The van der Waals surface area contributed by atoms with Crippen molar-refractivity contribution >= 4 is 10.3 Å². The van der Waals surface area contributed by atoms with Crippen molar-refractivity contribution in [2.45, 2.75) is 18.2 Å². The fraction of sp³-hybridized carbons (Fsp3) is 1.00. The summed E-state index contributed by atoms with van der Waals surface area (Å²) in [6.45, 7) is 0. The van der Waals surface area contributed by atoms with E-state index < -0.39 is 28.5 Å². The Morgan fingerprint density at radius 1 is 0.933 bits per heavy atom. The number of alkyl halides is 7. The van der Waals surface area contributed by atoms with Gasteiger partial charge in [0, 0.05) is 0 Å². The summed E-state index contributed by atoms with van der Waals surface area (Å²) < 4.78 is 104. The van der Waals surface area contributed by atoms with Crippen LogP contribution < -0.4 is 5.14 Å². The Hall–Kier alpha value is -0.620. The molecule has 0 saturated heterocycles. The van der Waals surface area contributed by atoms with Crippen LogP contribution in [-0.4, -0.2) is 26.6 Å². The average molecular weight is 265 g/mol. The minimum atomic E-state index is -6.68. The molecule has 0 aromatic carbocycles. The number of nitrogens with two attached hydrogens (primary N) is 1. The van der Waals surface area contributed by atoms with Crippen LogP contribution in [0.15, 0.2) is 0 Å². The quantitative estimate of drug-likeness (QED) is 0.774. The van der Waals surface area contributed by atoms with Crippen LogP contribution in [0.25, 0.3) is 0 Å². The second kappa shape index (κ2) is 3.45. The third kappa shape index (κ3) is 3.17. The Morgan fingerprint density at radius 3 is 1.47 bits per heavy atom. The number of halogens is 7. The molecule has 0 aromatic heterocycles. The Labute approximate surface area is 78.1 Å². The van der Waals surface area contributed by atoms with Gasteiger partial charge in [0.1, 0.15) is 0 Å². The first-order valence-electron chi connectivity index (χ1n) is 2.76. The van der Waals surface area contributed by atoms with Gasteiger partial charge < -0.3 is 0 Å². The number of hydrogen-bond donors (Lipinski definition) is 1. The standard InChI is InChI=1S/C3H2F7NO3S/c4-1(5,2(6,7)8)3(9,10)14-15(11,12)13/h(H2,11,12,13). The van der Waals surface area contributed by atoms with Crippen LogP contribution in [0.3, 0.4) is 0 Å². The van der Waals surface area contributed by atoms with E-state index in [-0.39, 0.29) is 0 Å². The zero-order chi connectivity index (χ0) is 12.7. The van der Waals surface area contributed by atoms with E-state index in [1.165, 1.54) is 0 Å². The molecule has 12 heteroatoms. The Morgan fingerprint density at radius 2 is 1.27 bits per heavy atom. The van der Waals surface area contributed by atoms with Crippen molar-refractivity contribution in [2.75, 3.05) is 0 Å². The maximum atomic E-state index is 12.0. The molecule has 0 bridgehead atoms. The highest BCUT2D eigenvalue weighted by atomic mass is 32.2. The van der Waals surface area contributed by atoms with Crippen molar-refractivity contribution in [2.24, 2.45) is 5.14 Å². The molecular formula is C3H2F7NO3S. The molecule has 0 fully saturated rings. The van der Waals surface area contributed by atoms with Crippen LogP contribution in [0, 0.1) is 0 Å². The smallest absolute Gasteiger partial charge is 0.205 e. The molecule has 0 atom stereocenters. The van der Waals surface area contributed by atoms with E-state index in [1.54, 1.807) is 0 Å². The maximum Gasteiger partial charge on any atom is 0.462 e. The van der Waals surface area contributed by atoms with Crippen molar-refractivity contribution in [1.82, 2.24) is 0 Å². The highest BCUT2D eigenvalue weighted by Gasteiger charge is 2.75. The molecule has 0 radical (unpaired) electrons. The first-order chi connectivity index (χ1) is 6.21. The molecule has 0 unspecified atom stereocenters. The van der Waals surface area contributed by atoms with Crippen LogP contribution in [0.1, 0.15) is 0 Å². The van der Waals surface area contributed by atoms with Gasteiger partial charge in [-0.05, 0) is 0 Å². The molecule has 92 valence electrons. The predicted molar refractivity (Wildman–Crippen MR) is 30.1 cm³/mol. The SMILES string of the molecule is NS(=O)(=O)OC(F)(F)C(F)(F)C(F)(F)F. The zero-order valence-electron chi connectivity index (χ0n) is 6.36. The minimum absolute atomic E-state index is 2.16.